The third kappa shape index (κ3) is 4.51. The van der Waals surface area contributed by atoms with Crippen molar-refractivity contribution in [3.63, 3.8) is 0 Å². The molecule has 3 nitrogen and oxygen atoms in total. The van der Waals surface area contributed by atoms with Crippen LogP contribution in [0, 0.1) is 0 Å². The number of rotatable bonds is 7. The molecule has 0 aromatic heterocycles. The van der Waals surface area contributed by atoms with Crippen molar-refractivity contribution in [2.75, 3.05) is 13.2 Å². The van der Waals surface area contributed by atoms with Crippen molar-refractivity contribution in [3.8, 4) is 0 Å². The maximum atomic E-state index is 10.7. The molecule has 3 heteroatoms. The van der Waals surface area contributed by atoms with E-state index in [0.717, 1.165) is 18.6 Å². The van der Waals surface area contributed by atoms with Crippen LogP contribution in [0.4, 0.5) is 0 Å². The van der Waals surface area contributed by atoms with Crippen molar-refractivity contribution in [2.45, 2.75) is 39.0 Å². The lowest BCUT2D eigenvalue weighted by Crippen LogP contribution is -2.05. The molecule has 0 amide bonds. The Morgan fingerprint density at radius 1 is 1.31 bits per heavy atom. The number of unbranched alkanes of at least 4 members (excludes halogenated alkanes) is 1. The van der Waals surface area contributed by atoms with Gasteiger partial charge in [-0.15, -0.1) is 0 Å². The average molecular weight is 224 g/mol. The largest absolute Gasteiger partial charge is 0.498 e. The first-order valence-corrected chi connectivity index (χ1v) is 5.84. The topological polar surface area (TPSA) is 35.5 Å². The molecule has 0 saturated heterocycles. The monoisotopic (exact) mass is 224 g/mol. The second kappa shape index (κ2) is 7.09. The lowest BCUT2D eigenvalue weighted by Gasteiger charge is -2.20. The summed E-state index contributed by atoms with van der Waals surface area (Å²) < 4.78 is 10.5. The number of allylic oxidation sites excluding steroid dienone is 2. The summed E-state index contributed by atoms with van der Waals surface area (Å²) in [6.45, 7) is 6.52. The van der Waals surface area contributed by atoms with Gasteiger partial charge in [0.05, 0.1) is 19.0 Å². The number of carbonyl (C=O) groups excluding carboxylic acids is 1. The molecule has 1 saturated carbocycles. The number of carbonyl (C=O) groups is 1. The van der Waals surface area contributed by atoms with Crippen molar-refractivity contribution in [2.24, 2.45) is 0 Å². The molecular formula is C13H20O3. The van der Waals surface area contributed by atoms with Gasteiger partial charge in [0.15, 0.2) is 0 Å². The summed E-state index contributed by atoms with van der Waals surface area (Å²) >= 11 is 0. The zero-order valence-electron chi connectivity index (χ0n) is 9.96. The van der Waals surface area contributed by atoms with Crippen molar-refractivity contribution >= 4 is 5.97 Å². The van der Waals surface area contributed by atoms with E-state index in [9.17, 15) is 4.79 Å². The Morgan fingerprint density at radius 3 is 2.44 bits per heavy atom. The highest BCUT2D eigenvalue weighted by atomic mass is 16.5. The molecule has 0 aromatic rings. The Balaban J connectivity index is 1.95. The van der Waals surface area contributed by atoms with E-state index in [2.05, 4.69) is 6.58 Å². The summed E-state index contributed by atoms with van der Waals surface area (Å²) in [5.41, 5.74) is 1.46. The Morgan fingerprint density at radius 2 is 1.94 bits per heavy atom. The second-order valence-corrected chi connectivity index (χ2v) is 3.94. The number of ether oxygens (including phenoxy) is 2. The Bertz CT molecular complexity index is 273. The fraction of sp³-hybridized carbons (Fsp3) is 0.615. The van der Waals surface area contributed by atoms with E-state index >= 15 is 0 Å². The zero-order valence-corrected chi connectivity index (χ0v) is 9.96. The first kappa shape index (κ1) is 12.8. The van der Waals surface area contributed by atoms with E-state index in [0.29, 0.717) is 13.2 Å². The van der Waals surface area contributed by atoms with Gasteiger partial charge in [0.1, 0.15) is 0 Å². The number of esters is 1. The van der Waals surface area contributed by atoms with Gasteiger partial charge >= 0.3 is 5.97 Å². The normalized spacial score (nSPS) is 13.9. The van der Waals surface area contributed by atoms with Gasteiger partial charge in [-0.2, -0.15) is 0 Å². The lowest BCUT2D eigenvalue weighted by molar-refractivity contribution is -0.137. The molecule has 90 valence electrons. The van der Waals surface area contributed by atoms with Gasteiger partial charge in [-0.25, -0.2) is 4.79 Å². The number of hydrogen-bond acceptors (Lipinski definition) is 3. The number of hydrogen-bond donors (Lipinski definition) is 0. The fourth-order valence-electron chi connectivity index (χ4n) is 1.47. The van der Waals surface area contributed by atoms with Crippen molar-refractivity contribution in [1.82, 2.24) is 0 Å². The van der Waals surface area contributed by atoms with Crippen LogP contribution in [0.15, 0.2) is 24.0 Å². The Kier molecular flexibility index (Phi) is 5.68. The summed E-state index contributed by atoms with van der Waals surface area (Å²) in [6, 6.07) is 0. The predicted octanol–water partition coefficient (Wildman–Crippen LogP) is 2.97. The van der Waals surface area contributed by atoms with Crippen LogP contribution in [0.5, 0.6) is 0 Å². The van der Waals surface area contributed by atoms with Gasteiger partial charge in [-0.3, -0.25) is 0 Å². The smallest absolute Gasteiger partial charge is 0.330 e. The van der Waals surface area contributed by atoms with Gasteiger partial charge < -0.3 is 9.47 Å². The zero-order chi connectivity index (χ0) is 11.8. The van der Waals surface area contributed by atoms with E-state index in [-0.39, 0.29) is 5.97 Å². The molecule has 0 radical (unpaired) electrons. The predicted molar refractivity (Wildman–Crippen MR) is 62.9 cm³/mol. The van der Waals surface area contributed by atoms with Gasteiger partial charge in [0.25, 0.3) is 0 Å². The van der Waals surface area contributed by atoms with Crippen LogP contribution in [-0.4, -0.2) is 19.2 Å². The first-order valence-electron chi connectivity index (χ1n) is 5.84. The van der Waals surface area contributed by atoms with Crippen LogP contribution in [0.1, 0.15) is 39.0 Å². The molecule has 0 atom stereocenters. The lowest BCUT2D eigenvalue weighted by atomic mass is 9.91. The maximum absolute atomic E-state index is 10.7. The van der Waals surface area contributed by atoms with Crippen LogP contribution < -0.4 is 0 Å². The second-order valence-electron chi connectivity index (χ2n) is 3.94. The van der Waals surface area contributed by atoms with E-state index in [1.54, 1.807) is 0 Å². The van der Waals surface area contributed by atoms with E-state index in [4.69, 9.17) is 9.47 Å². The molecule has 1 aliphatic carbocycles. The first-order chi connectivity index (χ1) is 7.74. The molecule has 0 heterocycles. The molecule has 0 N–H and O–H groups in total. The standard InChI is InChI=1S/C13H20O3/c1-3-13(14)16-10-5-4-9-15-11(2)12-7-6-8-12/h3H,1,4-10H2,2H3. The quantitative estimate of drug-likeness (QED) is 0.288. The average Bonchev–Trinajstić information content (AvgIpc) is 2.20. The fourth-order valence-corrected chi connectivity index (χ4v) is 1.47. The Hall–Kier alpha value is -1.25. The molecule has 0 unspecified atom stereocenters. The minimum Gasteiger partial charge on any atom is -0.498 e. The van der Waals surface area contributed by atoms with Gasteiger partial charge in [0.2, 0.25) is 0 Å². The van der Waals surface area contributed by atoms with Crippen LogP contribution in [0.3, 0.4) is 0 Å². The third-order valence-corrected chi connectivity index (χ3v) is 2.72. The molecular weight excluding hydrogens is 204 g/mol. The molecule has 1 rings (SSSR count). The minimum absolute atomic E-state index is 0.353. The third-order valence-electron chi connectivity index (χ3n) is 2.72. The highest BCUT2D eigenvalue weighted by Gasteiger charge is 2.12. The molecule has 1 aliphatic rings. The minimum atomic E-state index is -0.353. The van der Waals surface area contributed by atoms with Crippen molar-refractivity contribution in [1.29, 1.82) is 0 Å². The molecule has 0 aliphatic heterocycles. The van der Waals surface area contributed by atoms with Crippen LogP contribution in [0.25, 0.3) is 0 Å². The van der Waals surface area contributed by atoms with Crippen LogP contribution >= 0.6 is 0 Å². The summed E-state index contributed by atoms with van der Waals surface area (Å²) in [5, 5.41) is 0. The molecule has 16 heavy (non-hydrogen) atoms. The Labute approximate surface area is 97.1 Å². The van der Waals surface area contributed by atoms with E-state index in [1.807, 2.05) is 6.92 Å². The molecule has 0 bridgehead atoms. The van der Waals surface area contributed by atoms with Gasteiger partial charge in [-0.05, 0) is 44.6 Å². The SMILES string of the molecule is C=CC(=O)OCCCCOC(C)=C1CCC1. The molecule has 0 spiro atoms. The summed E-state index contributed by atoms with van der Waals surface area (Å²) in [4.78, 5) is 10.7. The van der Waals surface area contributed by atoms with Crippen LogP contribution in [-0.2, 0) is 14.3 Å². The van der Waals surface area contributed by atoms with Crippen LogP contribution in [0.2, 0.25) is 0 Å². The highest BCUT2D eigenvalue weighted by Crippen LogP contribution is 2.28. The molecule has 0 aromatic carbocycles. The summed E-state index contributed by atoms with van der Waals surface area (Å²) in [5.74, 6) is 0.739. The summed E-state index contributed by atoms with van der Waals surface area (Å²) in [6.07, 6.45) is 6.62. The van der Waals surface area contributed by atoms with Gasteiger partial charge in [-0.1, -0.05) is 6.58 Å². The van der Waals surface area contributed by atoms with Crippen molar-refractivity contribution < 1.29 is 14.3 Å². The van der Waals surface area contributed by atoms with E-state index < -0.39 is 0 Å². The van der Waals surface area contributed by atoms with Gasteiger partial charge in [0, 0.05) is 6.08 Å². The molecule has 1 fully saturated rings. The maximum Gasteiger partial charge on any atom is 0.330 e. The van der Waals surface area contributed by atoms with Crippen molar-refractivity contribution in [3.05, 3.63) is 24.0 Å². The van der Waals surface area contributed by atoms with E-state index in [1.165, 1.54) is 30.9 Å². The highest BCUT2D eigenvalue weighted by molar-refractivity contribution is 5.81. The summed E-state index contributed by atoms with van der Waals surface area (Å²) in [7, 11) is 0.